The molecule has 0 atom stereocenters. The Morgan fingerprint density at radius 2 is 2.05 bits per heavy atom. The Kier molecular flexibility index (Phi) is 4.82. The van der Waals surface area contributed by atoms with Crippen molar-refractivity contribution in [3.63, 3.8) is 0 Å². The minimum Gasteiger partial charge on any atom is -0.492 e. The first-order chi connectivity index (χ1) is 9.18. The fourth-order valence-corrected chi connectivity index (χ4v) is 2.06. The maximum absolute atomic E-state index is 6.17. The number of ether oxygens (including phenoxy) is 1. The Morgan fingerprint density at radius 1 is 1.32 bits per heavy atom. The van der Waals surface area contributed by atoms with Crippen molar-refractivity contribution in [2.45, 2.75) is 13.5 Å². The monoisotopic (exact) mass is 279 g/mol. The Bertz CT molecular complexity index is 525. The van der Waals surface area contributed by atoms with Crippen molar-refractivity contribution in [2.75, 3.05) is 13.2 Å². The third-order valence-corrected chi connectivity index (χ3v) is 3.34. The summed E-state index contributed by atoms with van der Waals surface area (Å²) < 4.78 is 7.40. The molecular weight excluding hydrogens is 262 g/mol. The van der Waals surface area contributed by atoms with Gasteiger partial charge in [0.1, 0.15) is 12.4 Å². The molecular formula is C14H18ClN3O. The summed E-state index contributed by atoms with van der Waals surface area (Å²) in [5.74, 6) is 0.888. The molecule has 0 radical (unpaired) electrons. The van der Waals surface area contributed by atoms with Crippen LogP contribution in [0.2, 0.25) is 5.02 Å². The normalized spacial score (nSPS) is 10.7. The van der Waals surface area contributed by atoms with Crippen LogP contribution in [0.1, 0.15) is 11.4 Å². The van der Waals surface area contributed by atoms with Crippen LogP contribution >= 0.6 is 11.6 Å². The highest BCUT2D eigenvalue weighted by Crippen LogP contribution is 2.18. The second-order valence-corrected chi connectivity index (χ2v) is 4.69. The van der Waals surface area contributed by atoms with E-state index >= 15 is 0 Å². The van der Waals surface area contributed by atoms with Crippen LogP contribution in [0.5, 0.6) is 5.75 Å². The van der Waals surface area contributed by atoms with Gasteiger partial charge in [0.15, 0.2) is 0 Å². The van der Waals surface area contributed by atoms with Gasteiger partial charge in [-0.25, -0.2) is 0 Å². The Hall–Kier alpha value is -1.52. The second kappa shape index (κ2) is 6.59. The fraction of sp³-hybridized carbons (Fsp3) is 0.357. The number of hydrogen-bond acceptors (Lipinski definition) is 3. The molecule has 0 spiro atoms. The average molecular weight is 280 g/mol. The molecule has 0 aliphatic heterocycles. The number of benzene rings is 1. The van der Waals surface area contributed by atoms with Crippen molar-refractivity contribution in [1.82, 2.24) is 15.1 Å². The van der Waals surface area contributed by atoms with Crippen molar-refractivity contribution in [3.05, 3.63) is 46.7 Å². The molecule has 19 heavy (non-hydrogen) atoms. The van der Waals surface area contributed by atoms with Crippen LogP contribution in [0.4, 0.5) is 0 Å². The van der Waals surface area contributed by atoms with Gasteiger partial charge in [-0.05, 0) is 19.1 Å². The average Bonchev–Trinajstić information content (AvgIpc) is 2.65. The van der Waals surface area contributed by atoms with Gasteiger partial charge in [-0.2, -0.15) is 5.10 Å². The number of nitrogens with one attached hydrogen (secondary N) is 1. The van der Waals surface area contributed by atoms with E-state index in [1.54, 1.807) is 0 Å². The summed E-state index contributed by atoms with van der Waals surface area (Å²) in [6, 6.07) is 9.78. The van der Waals surface area contributed by atoms with E-state index < -0.39 is 0 Å². The van der Waals surface area contributed by atoms with Crippen LogP contribution in [-0.4, -0.2) is 22.9 Å². The summed E-state index contributed by atoms with van der Waals surface area (Å²) >= 11 is 6.17. The minimum absolute atomic E-state index is 0.623. The first kappa shape index (κ1) is 13.9. The Balaban J connectivity index is 1.72. The van der Waals surface area contributed by atoms with Gasteiger partial charge in [-0.15, -0.1) is 0 Å². The number of aryl methyl sites for hydroxylation is 2. The summed E-state index contributed by atoms with van der Waals surface area (Å²) in [5, 5.41) is 8.30. The minimum atomic E-state index is 0.623. The predicted octanol–water partition coefficient (Wildman–Crippen LogP) is 2.55. The highest BCUT2D eigenvalue weighted by molar-refractivity contribution is 6.31. The van der Waals surface area contributed by atoms with Crippen molar-refractivity contribution >= 4 is 11.6 Å². The van der Waals surface area contributed by atoms with Gasteiger partial charge in [0.2, 0.25) is 0 Å². The summed E-state index contributed by atoms with van der Waals surface area (Å²) in [6.45, 7) is 3.98. The lowest BCUT2D eigenvalue weighted by Gasteiger charge is -2.08. The number of aromatic nitrogens is 2. The molecule has 0 bridgehead atoms. The zero-order valence-corrected chi connectivity index (χ0v) is 11.9. The van der Waals surface area contributed by atoms with Gasteiger partial charge >= 0.3 is 0 Å². The summed E-state index contributed by atoms with van der Waals surface area (Å²) in [7, 11) is 1.90. The standard InChI is InChI=1S/C14H18ClN3O/c1-11-14(15)13(18(2)17-11)10-16-8-9-19-12-6-4-3-5-7-12/h3-7,16H,8-10H2,1-2H3. The Morgan fingerprint density at radius 3 is 2.68 bits per heavy atom. The first-order valence-corrected chi connectivity index (χ1v) is 6.63. The number of rotatable bonds is 6. The molecule has 1 aromatic heterocycles. The lowest BCUT2D eigenvalue weighted by atomic mass is 10.3. The first-order valence-electron chi connectivity index (χ1n) is 6.25. The van der Waals surface area contributed by atoms with E-state index in [9.17, 15) is 0 Å². The van der Waals surface area contributed by atoms with Gasteiger partial charge in [-0.1, -0.05) is 29.8 Å². The van der Waals surface area contributed by atoms with Gasteiger partial charge in [0.25, 0.3) is 0 Å². The Labute approximate surface area is 118 Å². The van der Waals surface area contributed by atoms with E-state index in [0.717, 1.165) is 28.7 Å². The molecule has 0 fully saturated rings. The lowest BCUT2D eigenvalue weighted by molar-refractivity contribution is 0.313. The van der Waals surface area contributed by atoms with Crippen LogP contribution in [0.25, 0.3) is 0 Å². The van der Waals surface area contributed by atoms with E-state index in [0.29, 0.717) is 13.2 Å². The molecule has 0 saturated carbocycles. The third-order valence-electron chi connectivity index (χ3n) is 2.84. The van der Waals surface area contributed by atoms with E-state index in [1.807, 2.05) is 49.0 Å². The number of hydrogen-bond donors (Lipinski definition) is 1. The lowest BCUT2D eigenvalue weighted by Crippen LogP contribution is -2.22. The molecule has 5 heteroatoms. The number of nitrogens with zero attached hydrogens (tertiary/aromatic N) is 2. The van der Waals surface area contributed by atoms with Crippen molar-refractivity contribution in [2.24, 2.45) is 7.05 Å². The van der Waals surface area contributed by atoms with E-state index in [-0.39, 0.29) is 0 Å². The molecule has 0 aliphatic carbocycles. The van der Waals surface area contributed by atoms with E-state index in [4.69, 9.17) is 16.3 Å². The number of halogens is 1. The predicted molar refractivity (Wildman–Crippen MR) is 76.6 cm³/mol. The molecule has 1 N–H and O–H groups in total. The zero-order chi connectivity index (χ0) is 13.7. The van der Waals surface area contributed by atoms with Crippen LogP contribution in [0.15, 0.2) is 30.3 Å². The largest absolute Gasteiger partial charge is 0.492 e. The van der Waals surface area contributed by atoms with Crippen molar-refractivity contribution < 1.29 is 4.74 Å². The second-order valence-electron chi connectivity index (χ2n) is 4.31. The van der Waals surface area contributed by atoms with Crippen LogP contribution in [-0.2, 0) is 13.6 Å². The molecule has 102 valence electrons. The SMILES string of the molecule is Cc1nn(C)c(CNCCOc2ccccc2)c1Cl. The van der Waals surface area contributed by atoms with Gasteiger partial charge in [0, 0.05) is 20.1 Å². The van der Waals surface area contributed by atoms with Crippen LogP contribution < -0.4 is 10.1 Å². The van der Waals surface area contributed by atoms with Crippen molar-refractivity contribution in [1.29, 1.82) is 0 Å². The molecule has 0 amide bonds. The summed E-state index contributed by atoms with van der Waals surface area (Å²) in [5.41, 5.74) is 1.86. The number of para-hydroxylation sites is 1. The van der Waals surface area contributed by atoms with Gasteiger partial charge in [0.05, 0.1) is 16.4 Å². The molecule has 0 aliphatic rings. The smallest absolute Gasteiger partial charge is 0.119 e. The molecule has 2 aromatic rings. The topological polar surface area (TPSA) is 39.1 Å². The quantitative estimate of drug-likeness (QED) is 0.826. The van der Waals surface area contributed by atoms with Gasteiger partial charge in [-0.3, -0.25) is 4.68 Å². The van der Waals surface area contributed by atoms with E-state index in [2.05, 4.69) is 10.4 Å². The zero-order valence-electron chi connectivity index (χ0n) is 11.2. The molecule has 1 aromatic carbocycles. The van der Waals surface area contributed by atoms with Crippen LogP contribution in [0, 0.1) is 6.92 Å². The molecule has 0 saturated heterocycles. The molecule has 1 heterocycles. The molecule has 4 nitrogen and oxygen atoms in total. The summed E-state index contributed by atoms with van der Waals surface area (Å²) in [4.78, 5) is 0. The van der Waals surface area contributed by atoms with Crippen LogP contribution in [0.3, 0.4) is 0 Å². The highest BCUT2D eigenvalue weighted by Gasteiger charge is 2.09. The molecule has 2 rings (SSSR count). The fourth-order valence-electron chi connectivity index (χ4n) is 1.84. The maximum Gasteiger partial charge on any atom is 0.119 e. The van der Waals surface area contributed by atoms with Gasteiger partial charge < -0.3 is 10.1 Å². The maximum atomic E-state index is 6.17. The molecule has 0 unspecified atom stereocenters. The summed E-state index contributed by atoms with van der Waals surface area (Å²) in [6.07, 6.45) is 0. The third kappa shape index (κ3) is 3.72. The van der Waals surface area contributed by atoms with Crippen molar-refractivity contribution in [3.8, 4) is 5.75 Å². The highest BCUT2D eigenvalue weighted by atomic mass is 35.5. The van der Waals surface area contributed by atoms with E-state index in [1.165, 1.54) is 0 Å².